The lowest BCUT2D eigenvalue weighted by atomic mass is 9.80. The maximum Gasteiger partial charge on any atom is 0.314 e. The Labute approximate surface area is 124 Å². The van der Waals surface area contributed by atoms with Crippen molar-refractivity contribution in [2.45, 2.75) is 25.7 Å². The first-order valence-electron chi connectivity index (χ1n) is 7.53. The zero-order valence-corrected chi connectivity index (χ0v) is 12.2. The van der Waals surface area contributed by atoms with Crippen LogP contribution in [0.15, 0.2) is 0 Å². The number of urea groups is 1. The van der Waals surface area contributed by atoms with E-state index in [-0.39, 0.29) is 12.6 Å². The molecule has 7 nitrogen and oxygen atoms in total. The molecule has 0 atom stereocenters. The second-order valence-corrected chi connectivity index (χ2v) is 5.82. The Morgan fingerprint density at radius 3 is 2.29 bits per heavy atom. The summed E-state index contributed by atoms with van der Waals surface area (Å²) in [5.74, 6) is -0.420. The molecule has 21 heavy (non-hydrogen) atoms. The number of carboxylic acids is 1. The van der Waals surface area contributed by atoms with Gasteiger partial charge in [0.25, 0.3) is 0 Å². The summed E-state index contributed by atoms with van der Waals surface area (Å²) in [6.45, 7) is 3.10. The first-order chi connectivity index (χ1) is 10.1. The average Bonchev–Trinajstić information content (AvgIpc) is 2.52. The summed E-state index contributed by atoms with van der Waals surface area (Å²) in [5, 5.41) is 14.9. The molecule has 0 aromatic heterocycles. The van der Waals surface area contributed by atoms with Crippen molar-refractivity contribution in [1.29, 1.82) is 0 Å². The maximum atomic E-state index is 11.8. The summed E-state index contributed by atoms with van der Waals surface area (Å²) >= 11 is 0. The fraction of sp³-hybridized carbons (Fsp3) is 0.857. The number of rotatable bonds is 5. The molecule has 0 aliphatic carbocycles. The van der Waals surface area contributed by atoms with E-state index in [0.717, 1.165) is 26.1 Å². The molecule has 120 valence electrons. The summed E-state index contributed by atoms with van der Waals surface area (Å²) in [6, 6.07) is -0.298. The van der Waals surface area contributed by atoms with Gasteiger partial charge in [-0.15, -0.1) is 0 Å². The summed E-state index contributed by atoms with van der Waals surface area (Å²) in [6.07, 6.45) is 2.78. The molecular formula is C14H24N2O5. The first kappa shape index (κ1) is 16.0. The number of hydrogen-bond donors (Lipinski definition) is 3. The Morgan fingerprint density at radius 1 is 1.05 bits per heavy atom. The van der Waals surface area contributed by atoms with Gasteiger partial charge in [-0.25, -0.2) is 4.79 Å². The van der Waals surface area contributed by atoms with E-state index in [1.54, 1.807) is 0 Å². The molecule has 3 N–H and O–H groups in total. The van der Waals surface area contributed by atoms with E-state index in [1.165, 1.54) is 0 Å². The third-order valence-electron chi connectivity index (χ3n) is 4.38. The van der Waals surface area contributed by atoms with Crippen LogP contribution in [0.5, 0.6) is 0 Å². The van der Waals surface area contributed by atoms with E-state index in [2.05, 4.69) is 10.6 Å². The van der Waals surface area contributed by atoms with E-state index in [9.17, 15) is 14.7 Å². The van der Waals surface area contributed by atoms with Gasteiger partial charge in [0.15, 0.2) is 0 Å². The molecule has 0 spiro atoms. The monoisotopic (exact) mass is 300 g/mol. The topological polar surface area (TPSA) is 96.9 Å². The lowest BCUT2D eigenvalue weighted by molar-refractivity contribution is -0.154. The van der Waals surface area contributed by atoms with Crippen molar-refractivity contribution in [3.05, 3.63) is 0 Å². The highest BCUT2D eigenvalue weighted by molar-refractivity contribution is 5.78. The van der Waals surface area contributed by atoms with Crippen molar-refractivity contribution < 1.29 is 24.2 Å². The number of ether oxygens (including phenoxy) is 2. The number of nitrogens with one attached hydrogen (secondary N) is 2. The fourth-order valence-corrected chi connectivity index (χ4v) is 2.73. The molecule has 0 aromatic rings. The molecule has 2 rings (SSSR count). The van der Waals surface area contributed by atoms with E-state index in [4.69, 9.17) is 9.47 Å². The van der Waals surface area contributed by atoms with Gasteiger partial charge in [0.05, 0.1) is 5.41 Å². The minimum absolute atomic E-state index is 0.144. The van der Waals surface area contributed by atoms with Crippen molar-refractivity contribution in [2.24, 2.45) is 11.3 Å². The quantitative estimate of drug-likeness (QED) is 0.690. The Balaban J connectivity index is 1.72. The van der Waals surface area contributed by atoms with Crippen molar-refractivity contribution in [1.82, 2.24) is 10.6 Å². The van der Waals surface area contributed by atoms with Gasteiger partial charge >= 0.3 is 12.0 Å². The molecule has 0 aromatic carbocycles. The minimum atomic E-state index is -0.895. The van der Waals surface area contributed by atoms with Crippen molar-refractivity contribution in [3.8, 4) is 0 Å². The second kappa shape index (κ2) is 7.61. The highest BCUT2D eigenvalue weighted by atomic mass is 16.5. The molecular weight excluding hydrogens is 276 g/mol. The maximum absolute atomic E-state index is 11.8. The molecule has 2 saturated heterocycles. The summed E-state index contributed by atoms with van der Waals surface area (Å²) in [5.41, 5.74) is -0.895. The highest BCUT2D eigenvalue weighted by Gasteiger charge is 2.40. The van der Waals surface area contributed by atoms with Gasteiger partial charge in [0.1, 0.15) is 0 Å². The molecule has 0 unspecified atom stereocenters. The molecule has 2 amide bonds. The predicted molar refractivity (Wildman–Crippen MR) is 75.1 cm³/mol. The lowest BCUT2D eigenvalue weighted by Crippen LogP contribution is -2.49. The number of carbonyl (C=O) groups excluding carboxylic acids is 1. The first-order valence-corrected chi connectivity index (χ1v) is 7.53. The zero-order chi connectivity index (χ0) is 15.1. The average molecular weight is 300 g/mol. The number of amides is 2. The predicted octanol–water partition coefficient (Wildman–Crippen LogP) is 0.594. The van der Waals surface area contributed by atoms with Crippen LogP contribution >= 0.6 is 0 Å². The summed E-state index contributed by atoms with van der Waals surface area (Å²) in [7, 11) is 0. The molecule has 0 saturated carbocycles. The van der Waals surface area contributed by atoms with Gasteiger partial charge in [0.2, 0.25) is 0 Å². The summed E-state index contributed by atoms with van der Waals surface area (Å²) in [4.78, 5) is 23.3. The minimum Gasteiger partial charge on any atom is -0.481 e. The Hall–Kier alpha value is -1.34. The summed E-state index contributed by atoms with van der Waals surface area (Å²) < 4.78 is 10.5. The van der Waals surface area contributed by atoms with Crippen LogP contribution in [-0.4, -0.2) is 56.6 Å². The SMILES string of the molecule is O=C(NCC1CCOCC1)NCC1(C(=O)O)CCOCC1. The van der Waals surface area contributed by atoms with Gasteiger partial charge in [-0.3, -0.25) is 4.79 Å². The third-order valence-corrected chi connectivity index (χ3v) is 4.38. The van der Waals surface area contributed by atoms with Crippen LogP contribution in [0, 0.1) is 11.3 Å². The third kappa shape index (κ3) is 4.57. The van der Waals surface area contributed by atoms with Crippen LogP contribution in [0.2, 0.25) is 0 Å². The molecule has 2 aliphatic heterocycles. The van der Waals surface area contributed by atoms with Gasteiger partial charge in [-0.2, -0.15) is 0 Å². The van der Waals surface area contributed by atoms with Gasteiger partial charge < -0.3 is 25.2 Å². The Kier molecular flexibility index (Phi) is 5.81. The molecule has 2 aliphatic rings. The fourth-order valence-electron chi connectivity index (χ4n) is 2.73. The van der Waals surface area contributed by atoms with E-state index >= 15 is 0 Å². The molecule has 0 radical (unpaired) electrons. The number of aliphatic carboxylic acids is 1. The molecule has 2 fully saturated rings. The van der Waals surface area contributed by atoms with Crippen molar-refractivity contribution in [2.75, 3.05) is 39.5 Å². The largest absolute Gasteiger partial charge is 0.481 e. The lowest BCUT2D eigenvalue weighted by Gasteiger charge is -2.33. The van der Waals surface area contributed by atoms with Gasteiger partial charge in [-0.1, -0.05) is 0 Å². The number of carbonyl (C=O) groups is 2. The van der Waals surface area contributed by atoms with Crippen LogP contribution < -0.4 is 10.6 Å². The van der Waals surface area contributed by atoms with E-state index in [0.29, 0.717) is 38.5 Å². The smallest absolute Gasteiger partial charge is 0.314 e. The van der Waals surface area contributed by atoms with Crippen LogP contribution in [0.1, 0.15) is 25.7 Å². The van der Waals surface area contributed by atoms with Crippen molar-refractivity contribution in [3.63, 3.8) is 0 Å². The van der Waals surface area contributed by atoms with Crippen molar-refractivity contribution >= 4 is 12.0 Å². The van der Waals surface area contributed by atoms with E-state index < -0.39 is 11.4 Å². The zero-order valence-electron chi connectivity index (χ0n) is 12.2. The number of hydrogen-bond acceptors (Lipinski definition) is 4. The van der Waals surface area contributed by atoms with Gasteiger partial charge in [0, 0.05) is 39.5 Å². The second-order valence-electron chi connectivity index (χ2n) is 5.82. The van der Waals surface area contributed by atoms with E-state index in [1.807, 2.05) is 0 Å². The van der Waals surface area contributed by atoms with Gasteiger partial charge in [-0.05, 0) is 31.6 Å². The highest BCUT2D eigenvalue weighted by Crippen LogP contribution is 2.30. The van der Waals surface area contributed by atoms with Crippen LogP contribution in [0.3, 0.4) is 0 Å². The molecule has 7 heteroatoms. The normalized spacial score (nSPS) is 22.5. The molecule has 0 bridgehead atoms. The number of carboxylic acid groups (broad SMARTS) is 1. The van der Waals surface area contributed by atoms with Crippen LogP contribution in [0.4, 0.5) is 4.79 Å². The Bertz CT molecular complexity index is 362. The van der Waals surface area contributed by atoms with Crippen LogP contribution in [-0.2, 0) is 14.3 Å². The molecule has 2 heterocycles. The Morgan fingerprint density at radius 2 is 1.67 bits per heavy atom. The van der Waals surface area contributed by atoms with Crippen LogP contribution in [0.25, 0.3) is 0 Å². The standard InChI is InChI=1S/C14H24N2O5/c17-12(18)14(3-7-21-8-4-14)10-16-13(19)15-9-11-1-5-20-6-2-11/h11H,1-10H2,(H,17,18)(H2,15,16,19).